The lowest BCUT2D eigenvalue weighted by atomic mass is 10.2. The Labute approximate surface area is 156 Å². The van der Waals surface area contributed by atoms with Crippen molar-refractivity contribution in [3.05, 3.63) is 59.2 Å². The minimum absolute atomic E-state index is 0.194. The van der Waals surface area contributed by atoms with Gasteiger partial charge in [0.05, 0.1) is 23.9 Å². The first kappa shape index (κ1) is 18.8. The highest BCUT2D eigenvalue weighted by Gasteiger charge is 2.21. The molecule has 7 heteroatoms. The molecule has 0 aliphatic carbocycles. The Morgan fingerprint density at radius 2 is 1.85 bits per heavy atom. The fourth-order valence-electron chi connectivity index (χ4n) is 3.05. The van der Waals surface area contributed by atoms with Gasteiger partial charge in [0.1, 0.15) is 11.6 Å². The summed E-state index contributed by atoms with van der Waals surface area (Å²) in [5.41, 5.74) is 1.72. The summed E-state index contributed by atoms with van der Waals surface area (Å²) >= 11 is 0. The van der Waals surface area contributed by atoms with Crippen LogP contribution in [0.1, 0.15) is 11.1 Å². The number of hydrogen-bond acceptors (Lipinski definition) is 4. The molecule has 27 heavy (non-hydrogen) atoms. The van der Waals surface area contributed by atoms with Crippen LogP contribution in [-0.4, -0.2) is 43.5 Å². The van der Waals surface area contributed by atoms with E-state index >= 15 is 0 Å². The molecular weight excluding hydrogens is 350 g/mol. The van der Waals surface area contributed by atoms with E-state index in [1.807, 2.05) is 15.9 Å². The average Bonchev–Trinajstić information content (AvgIpc) is 2.65. The molecular formula is C20H20F2N4O. The zero-order chi connectivity index (χ0) is 19.4. The Bertz CT molecular complexity index is 886. The number of nitrogens with zero attached hydrogens (tertiary/aromatic N) is 3. The number of halogens is 2. The van der Waals surface area contributed by atoms with Gasteiger partial charge in [0.25, 0.3) is 0 Å². The molecule has 2 aromatic carbocycles. The molecule has 0 atom stereocenters. The van der Waals surface area contributed by atoms with E-state index in [1.165, 1.54) is 12.1 Å². The Kier molecular flexibility index (Phi) is 5.67. The van der Waals surface area contributed by atoms with Gasteiger partial charge in [0.15, 0.2) is 0 Å². The maximum Gasteiger partial charge on any atom is 0.238 e. The van der Waals surface area contributed by atoms with Crippen molar-refractivity contribution >= 4 is 17.3 Å². The van der Waals surface area contributed by atoms with E-state index in [0.717, 1.165) is 0 Å². The quantitative estimate of drug-likeness (QED) is 0.899. The SMILES string of the molecule is Cc1ccc(NC(=O)CN2CCN(c3ccc(C#N)cc3F)CC2)cc1F. The molecule has 5 nitrogen and oxygen atoms in total. The van der Waals surface area contributed by atoms with E-state index in [-0.39, 0.29) is 18.3 Å². The van der Waals surface area contributed by atoms with Crippen molar-refractivity contribution in [3.63, 3.8) is 0 Å². The van der Waals surface area contributed by atoms with Crippen LogP contribution < -0.4 is 10.2 Å². The van der Waals surface area contributed by atoms with Crippen LogP contribution in [0.3, 0.4) is 0 Å². The zero-order valence-corrected chi connectivity index (χ0v) is 15.0. The van der Waals surface area contributed by atoms with E-state index in [1.54, 1.807) is 31.2 Å². The number of nitriles is 1. The molecule has 2 aromatic rings. The third-order valence-electron chi connectivity index (χ3n) is 4.61. The molecule has 1 aliphatic heterocycles. The summed E-state index contributed by atoms with van der Waals surface area (Å²) in [4.78, 5) is 16.0. The monoisotopic (exact) mass is 370 g/mol. The summed E-state index contributed by atoms with van der Waals surface area (Å²) in [6.07, 6.45) is 0. The predicted molar refractivity (Wildman–Crippen MR) is 99.5 cm³/mol. The van der Waals surface area contributed by atoms with Crippen molar-refractivity contribution in [3.8, 4) is 6.07 Å². The maximum atomic E-state index is 14.1. The van der Waals surface area contributed by atoms with Crippen LogP contribution in [0.25, 0.3) is 0 Å². The number of piperazine rings is 1. The molecule has 0 aromatic heterocycles. The number of hydrogen-bond donors (Lipinski definition) is 1. The summed E-state index contributed by atoms with van der Waals surface area (Å²) in [5, 5.41) is 11.5. The molecule has 0 radical (unpaired) electrons. The Balaban J connectivity index is 1.52. The molecule has 1 amide bonds. The fourth-order valence-corrected chi connectivity index (χ4v) is 3.05. The lowest BCUT2D eigenvalue weighted by molar-refractivity contribution is -0.117. The van der Waals surface area contributed by atoms with Crippen LogP contribution in [0.4, 0.5) is 20.2 Å². The summed E-state index contributed by atoms with van der Waals surface area (Å²) in [5.74, 6) is -0.983. The largest absolute Gasteiger partial charge is 0.367 e. The zero-order valence-electron chi connectivity index (χ0n) is 15.0. The fraction of sp³-hybridized carbons (Fsp3) is 0.300. The number of benzene rings is 2. The molecule has 3 rings (SSSR count). The van der Waals surface area contributed by atoms with Gasteiger partial charge in [-0.25, -0.2) is 8.78 Å². The van der Waals surface area contributed by atoms with Gasteiger partial charge < -0.3 is 10.2 Å². The molecule has 1 heterocycles. The lowest BCUT2D eigenvalue weighted by Crippen LogP contribution is -2.48. The van der Waals surface area contributed by atoms with Gasteiger partial charge in [-0.2, -0.15) is 5.26 Å². The highest BCUT2D eigenvalue weighted by Crippen LogP contribution is 2.22. The number of rotatable bonds is 4. The highest BCUT2D eigenvalue weighted by molar-refractivity contribution is 5.92. The second kappa shape index (κ2) is 8.14. The van der Waals surface area contributed by atoms with E-state index in [2.05, 4.69) is 5.32 Å². The van der Waals surface area contributed by atoms with E-state index < -0.39 is 5.82 Å². The van der Waals surface area contributed by atoms with E-state index in [9.17, 15) is 13.6 Å². The van der Waals surface area contributed by atoms with Crippen LogP contribution in [0.2, 0.25) is 0 Å². The van der Waals surface area contributed by atoms with Crippen molar-refractivity contribution in [1.82, 2.24) is 4.90 Å². The smallest absolute Gasteiger partial charge is 0.238 e. The van der Waals surface area contributed by atoms with Crippen LogP contribution in [0, 0.1) is 29.9 Å². The summed E-state index contributed by atoms with van der Waals surface area (Å²) in [7, 11) is 0. The van der Waals surface area contributed by atoms with Crippen LogP contribution in [0.5, 0.6) is 0 Å². The van der Waals surface area contributed by atoms with Gasteiger partial charge in [-0.05, 0) is 42.8 Å². The molecule has 1 N–H and O–H groups in total. The molecule has 0 saturated carbocycles. The second-order valence-corrected chi connectivity index (χ2v) is 6.55. The maximum absolute atomic E-state index is 14.1. The molecule has 0 spiro atoms. The molecule has 140 valence electrons. The van der Waals surface area contributed by atoms with Crippen molar-refractivity contribution in [1.29, 1.82) is 5.26 Å². The predicted octanol–water partition coefficient (Wildman–Crippen LogP) is 2.91. The minimum atomic E-state index is -0.415. The van der Waals surface area contributed by atoms with Crippen molar-refractivity contribution in [2.75, 3.05) is 42.9 Å². The average molecular weight is 370 g/mol. The number of carbonyl (C=O) groups excluding carboxylic acids is 1. The molecule has 1 aliphatic rings. The Hall–Kier alpha value is -2.98. The number of carbonyl (C=O) groups is 1. The van der Waals surface area contributed by atoms with Gasteiger partial charge in [0.2, 0.25) is 5.91 Å². The Morgan fingerprint density at radius 3 is 2.48 bits per heavy atom. The normalized spacial score (nSPS) is 14.7. The summed E-state index contributed by atoms with van der Waals surface area (Å²) < 4.78 is 27.7. The van der Waals surface area contributed by atoms with Crippen molar-refractivity contribution in [2.24, 2.45) is 0 Å². The first-order chi connectivity index (χ1) is 13.0. The third-order valence-corrected chi connectivity index (χ3v) is 4.61. The topological polar surface area (TPSA) is 59.4 Å². The molecule has 0 unspecified atom stereocenters. The van der Waals surface area contributed by atoms with Crippen LogP contribution in [0.15, 0.2) is 36.4 Å². The lowest BCUT2D eigenvalue weighted by Gasteiger charge is -2.35. The minimum Gasteiger partial charge on any atom is -0.367 e. The van der Waals surface area contributed by atoms with Gasteiger partial charge in [-0.3, -0.25) is 9.69 Å². The molecule has 1 saturated heterocycles. The van der Waals surface area contributed by atoms with Gasteiger partial charge in [-0.15, -0.1) is 0 Å². The number of nitrogens with one attached hydrogen (secondary N) is 1. The highest BCUT2D eigenvalue weighted by atomic mass is 19.1. The van der Waals surface area contributed by atoms with Crippen LogP contribution in [-0.2, 0) is 4.79 Å². The van der Waals surface area contributed by atoms with Gasteiger partial charge in [-0.1, -0.05) is 6.07 Å². The second-order valence-electron chi connectivity index (χ2n) is 6.55. The van der Waals surface area contributed by atoms with Crippen molar-refractivity contribution in [2.45, 2.75) is 6.92 Å². The standard InChI is InChI=1S/C20H20F2N4O/c1-14-2-4-16(11-17(14)21)24-20(27)13-25-6-8-26(9-7-25)19-5-3-15(12-23)10-18(19)22/h2-5,10-11H,6-9,13H2,1H3,(H,24,27). The number of amides is 1. The summed E-state index contributed by atoms with van der Waals surface area (Å²) in [6, 6.07) is 11.0. The van der Waals surface area contributed by atoms with Crippen molar-refractivity contribution < 1.29 is 13.6 Å². The van der Waals surface area contributed by atoms with Gasteiger partial charge >= 0.3 is 0 Å². The molecule has 0 bridgehead atoms. The van der Waals surface area contributed by atoms with Gasteiger partial charge in [0, 0.05) is 31.9 Å². The first-order valence-corrected chi connectivity index (χ1v) is 8.69. The third kappa shape index (κ3) is 4.60. The summed E-state index contributed by atoms with van der Waals surface area (Å²) in [6.45, 7) is 4.23. The molecule has 1 fully saturated rings. The number of aryl methyl sites for hydroxylation is 1. The van der Waals surface area contributed by atoms with E-state index in [0.29, 0.717) is 48.7 Å². The van der Waals surface area contributed by atoms with Crippen LogP contribution >= 0.6 is 0 Å². The Morgan fingerprint density at radius 1 is 1.11 bits per heavy atom. The van der Waals surface area contributed by atoms with E-state index in [4.69, 9.17) is 5.26 Å². The number of anilines is 2. The first-order valence-electron chi connectivity index (χ1n) is 8.69.